The van der Waals surface area contributed by atoms with E-state index in [0.29, 0.717) is 12.8 Å². The molecular formula is C20H22F4N4O3. The zero-order chi connectivity index (χ0) is 22.4. The van der Waals surface area contributed by atoms with Crippen molar-refractivity contribution in [1.29, 1.82) is 0 Å². The Morgan fingerprint density at radius 1 is 1.29 bits per heavy atom. The number of piperidine rings is 1. The van der Waals surface area contributed by atoms with Gasteiger partial charge in [0.1, 0.15) is 18.2 Å². The summed E-state index contributed by atoms with van der Waals surface area (Å²) in [7, 11) is 0. The third kappa shape index (κ3) is 4.10. The first kappa shape index (κ1) is 21.5. The number of benzene rings is 1. The summed E-state index contributed by atoms with van der Waals surface area (Å²) < 4.78 is 63.2. The number of rotatable bonds is 2. The summed E-state index contributed by atoms with van der Waals surface area (Å²) in [5, 5.41) is 6.53. The molecule has 2 aliphatic rings. The number of aromatic nitrogens is 2. The third-order valence-corrected chi connectivity index (χ3v) is 5.91. The Morgan fingerprint density at radius 3 is 2.65 bits per heavy atom. The van der Waals surface area contributed by atoms with Crippen LogP contribution in [-0.4, -0.2) is 46.7 Å². The monoisotopic (exact) mass is 442 g/mol. The first-order valence-corrected chi connectivity index (χ1v) is 9.97. The van der Waals surface area contributed by atoms with Crippen LogP contribution in [0.25, 0.3) is 11.4 Å². The van der Waals surface area contributed by atoms with Crippen LogP contribution >= 0.6 is 0 Å². The summed E-state index contributed by atoms with van der Waals surface area (Å²) in [6.07, 6.45) is -3.43. The second kappa shape index (κ2) is 7.77. The van der Waals surface area contributed by atoms with Crippen LogP contribution in [0.2, 0.25) is 0 Å². The molecule has 31 heavy (non-hydrogen) atoms. The fourth-order valence-electron chi connectivity index (χ4n) is 3.92. The van der Waals surface area contributed by atoms with Gasteiger partial charge in [-0.25, -0.2) is 4.39 Å². The summed E-state index contributed by atoms with van der Waals surface area (Å²) in [5.74, 6) is -2.54. The van der Waals surface area contributed by atoms with Crippen molar-refractivity contribution in [3.8, 4) is 17.1 Å². The molecule has 0 saturated carbocycles. The fourth-order valence-corrected chi connectivity index (χ4v) is 3.92. The van der Waals surface area contributed by atoms with Gasteiger partial charge in [-0.05, 0) is 45.0 Å². The minimum atomic E-state index is -4.80. The molecule has 2 aliphatic heterocycles. The van der Waals surface area contributed by atoms with E-state index in [0.717, 1.165) is 19.2 Å². The second-order valence-electron chi connectivity index (χ2n) is 8.26. The smallest absolute Gasteiger partial charge is 0.471 e. The molecule has 1 aromatic heterocycles. The van der Waals surface area contributed by atoms with E-state index in [1.165, 1.54) is 6.07 Å². The number of hydrogen-bond acceptors (Lipinski definition) is 6. The highest BCUT2D eigenvalue weighted by Gasteiger charge is 2.41. The van der Waals surface area contributed by atoms with E-state index in [-0.39, 0.29) is 42.0 Å². The SMILES string of the molecule is C[C@H]1COc2cc(-c3noc(C(F)(F)F)n3)cc(F)c2CN1C(=O)C1(C)CCNCC1. The highest BCUT2D eigenvalue weighted by Crippen LogP contribution is 2.37. The van der Waals surface area contributed by atoms with Crippen molar-refractivity contribution in [1.82, 2.24) is 20.4 Å². The Labute approximate surface area is 175 Å². The van der Waals surface area contributed by atoms with Gasteiger partial charge < -0.3 is 19.5 Å². The van der Waals surface area contributed by atoms with Gasteiger partial charge >= 0.3 is 12.1 Å². The number of nitrogens with one attached hydrogen (secondary N) is 1. The molecule has 1 saturated heterocycles. The van der Waals surface area contributed by atoms with Gasteiger partial charge in [-0.3, -0.25) is 4.79 Å². The van der Waals surface area contributed by atoms with Gasteiger partial charge in [-0.15, -0.1) is 0 Å². The topological polar surface area (TPSA) is 80.5 Å². The van der Waals surface area contributed by atoms with Crippen LogP contribution in [0.3, 0.4) is 0 Å². The van der Waals surface area contributed by atoms with Gasteiger partial charge in [0.2, 0.25) is 11.7 Å². The summed E-state index contributed by atoms with van der Waals surface area (Å²) in [4.78, 5) is 18.2. The van der Waals surface area contributed by atoms with E-state index in [2.05, 4.69) is 20.0 Å². The molecule has 1 amide bonds. The molecular weight excluding hydrogens is 420 g/mol. The Balaban J connectivity index is 1.64. The lowest BCUT2D eigenvalue weighted by Gasteiger charge is -2.39. The molecule has 0 bridgehead atoms. The lowest BCUT2D eigenvalue weighted by molar-refractivity contribution is -0.159. The molecule has 0 unspecified atom stereocenters. The fraction of sp³-hybridized carbons (Fsp3) is 0.550. The van der Waals surface area contributed by atoms with Gasteiger partial charge in [0.05, 0.1) is 12.6 Å². The van der Waals surface area contributed by atoms with E-state index in [1.54, 1.807) is 4.90 Å². The van der Waals surface area contributed by atoms with E-state index >= 15 is 4.39 Å². The molecule has 0 radical (unpaired) electrons. The average Bonchev–Trinajstić information content (AvgIpc) is 3.16. The average molecular weight is 442 g/mol. The number of halogens is 4. The zero-order valence-corrected chi connectivity index (χ0v) is 17.1. The molecule has 2 aromatic rings. The molecule has 1 N–H and O–H groups in total. The number of amides is 1. The lowest BCUT2D eigenvalue weighted by atomic mass is 9.79. The minimum absolute atomic E-state index is 0.00447. The molecule has 0 spiro atoms. The normalized spacial score (nSPS) is 21.2. The van der Waals surface area contributed by atoms with Crippen LogP contribution in [0.5, 0.6) is 5.75 Å². The highest BCUT2D eigenvalue weighted by molar-refractivity contribution is 5.83. The van der Waals surface area contributed by atoms with Gasteiger partial charge in [-0.1, -0.05) is 12.1 Å². The Bertz CT molecular complexity index is 985. The molecule has 1 fully saturated rings. The molecule has 3 heterocycles. The number of nitrogens with zero attached hydrogens (tertiary/aromatic N) is 3. The second-order valence-corrected chi connectivity index (χ2v) is 8.26. The maximum Gasteiger partial charge on any atom is 0.471 e. The summed E-state index contributed by atoms with van der Waals surface area (Å²) in [5.41, 5.74) is -0.384. The van der Waals surface area contributed by atoms with Gasteiger partial charge in [0.15, 0.2) is 0 Å². The standard InChI is InChI=1S/C20H22F4N4O3/c1-11-10-30-15-8-12(16-26-17(31-27-16)20(22,23)24)7-14(21)13(15)9-28(11)18(29)19(2)3-5-25-6-4-19/h7-8,11,25H,3-6,9-10H2,1-2H3/t11-/m0/s1. The molecule has 1 aromatic carbocycles. The van der Waals surface area contributed by atoms with Crippen molar-refractivity contribution in [2.45, 2.75) is 45.5 Å². The van der Waals surface area contributed by atoms with Gasteiger partial charge in [0, 0.05) is 16.5 Å². The van der Waals surface area contributed by atoms with Crippen LogP contribution in [0, 0.1) is 11.2 Å². The molecule has 11 heteroatoms. The van der Waals surface area contributed by atoms with Crippen molar-refractivity contribution in [2.75, 3.05) is 19.7 Å². The lowest BCUT2D eigenvalue weighted by Crippen LogP contribution is -2.50. The quantitative estimate of drug-likeness (QED) is 0.719. The number of hydrogen-bond donors (Lipinski definition) is 1. The molecule has 168 valence electrons. The number of carbonyl (C=O) groups is 1. The molecule has 4 rings (SSSR count). The Kier molecular flexibility index (Phi) is 5.40. The van der Waals surface area contributed by atoms with Gasteiger partial charge in [0.25, 0.3) is 0 Å². The van der Waals surface area contributed by atoms with Crippen LogP contribution in [0.1, 0.15) is 38.1 Å². The summed E-state index contributed by atoms with van der Waals surface area (Å²) >= 11 is 0. The number of fused-ring (bicyclic) bond motifs is 1. The maximum atomic E-state index is 15.0. The van der Waals surface area contributed by atoms with Crippen molar-refractivity contribution < 1.29 is 31.6 Å². The number of alkyl halides is 3. The number of ether oxygens (including phenoxy) is 1. The van der Waals surface area contributed by atoms with Crippen LogP contribution in [-0.2, 0) is 17.5 Å². The predicted octanol–water partition coefficient (Wildman–Crippen LogP) is 3.39. The predicted molar refractivity (Wildman–Crippen MR) is 100 cm³/mol. The van der Waals surface area contributed by atoms with Crippen molar-refractivity contribution in [3.05, 3.63) is 29.4 Å². The van der Waals surface area contributed by atoms with E-state index in [4.69, 9.17) is 4.74 Å². The summed E-state index contributed by atoms with van der Waals surface area (Å²) in [6.45, 7) is 5.34. The zero-order valence-electron chi connectivity index (χ0n) is 17.1. The van der Waals surface area contributed by atoms with Crippen LogP contribution < -0.4 is 10.1 Å². The van der Waals surface area contributed by atoms with Crippen molar-refractivity contribution >= 4 is 5.91 Å². The van der Waals surface area contributed by atoms with Crippen LogP contribution in [0.15, 0.2) is 16.7 Å². The Hall–Kier alpha value is -2.69. The maximum absolute atomic E-state index is 15.0. The highest BCUT2D eigenvalue weighted by atomic mass is 19.4. The van der Waals surface area contributed by atoms with Gasteiger partial charge in [-0.2, -0.15) is 18.2 Å². The minimum Gasteiger partial charge on any atom is -0.491 e. The summed E-state index contributed by atoms with van der Waals surface area (Å²) in [6, 6.07) is 2.09. The van der Waals surface area contributed by atoms with Crippen LogP contribution in [0.4, 0.5) is 17.6 Å². The van der Waals surface area contributed by atoms with Crippen molar-refractivity contribution in [3.63, 3.8) is 0 Å². The molecule has 0 aliphatic carbocycles. The molecule has 7 nitrogen and oxygen atoms in total. The first-order valence-electron chi connectivity index (χ1n) is 9.97. The third-order valence-electron chi connectivity index (χ3n) is 5.91. The van der Waals surface area contributed by atoms with E-state index in [1.807, 2.05) is 13.8 Å². The Morgan fingerprint density at radius 2 is 2.00 bits per heavy atom. The first-order chi connectivity index (χ1) is 14.6. The number of carbonyl (C=O) groups excluding carboxylic acids is 1. The largest absolute Gasteiger partial charge is 0.491 e. The van der Waals surface area contributed by atoms with Crippen molar-refractivity contribution in [2.24, 2.45) is 5.41 Å². The van der Waals surface area contributed by atoms with E-state index < -0.39 is 29.1 Å². The van der Waals surface area contributed by atoms with E-state index in [9.17, 15) is 18.0 Å². The molecule has 1 atom stereocenters.